The first-order valence-electron chi connectivity index (χ1n) is 7.64. The van der Waals surface area contributed by atoms with Crippen LogP contribution in [-0.2, 0) is 0 Å². The third-order valence-electron chi connectivity index (χ3n) is 3.63. The van der Waals surface area contributed by atoms with Crippen LogP contribution in [0.15, 0.2) is 29.3 Å². The number of methoxy groups -OCH3 is 1. The second kappa shape index (κ2) is 10.2. The highest BCUT2D eigenvalue weighted by atomic mass is 127. The summed E-state index contributed by atoms with van der Waals surface area (Å²) < 4.78 is 5.45. The molecule has 0 radical (unpaired) electrons. The Labute approximate surface area is 155 Å². The van der Waals surface area contributed by atoms with Gasteiger partial charge < -0.3 is 20.3 Å². The van der Waals surface area contributed by atoms with E-state index < -0.39 is 0 Å². The zero-order valence-corrected chi connectivity index (χ0v) is 16.0. The van der Waals surface area contributed by atoms with Crippen LogP contribution in [-0.4, -0.2) is 45.3 Å². The van der Waals surface area contributed by atoms with E-state index in [-0.39, 0.29) is 24.0 Å². The van der Waals surface area contributed by atoms with Gasteiger partial charge in [0.05, 0.1) is 12.8 Å². The van der Waals surface area contributed by atoms with Gasteiger partial charge >= 0.3 is 0 Å². The second-order valence-corrected chi connectivity index (χ2v) is 5.15. The van der Waals surface area contributed by atoms with Gasteiger partial charge in [-0.05, 0) is 25.5 Å². The van der Waals surface area contributed by atoms with Crippen molar-refractivity contribution in [1.29, 1.82) is 0 Å². The molecule has 1 unspecified atom stereocenters. The molecule has 1 aliphatic rings. The Bertz CT molecular complexity index is 556. The molecule has 0 spiro atoms. The molecule has 23 heavy (non-hydrogen) atoms. The van der Waals surface area contributed by atoms with Crippen LogP contribution in [0.25, 0.3) is 0 Å². The average molecular weight is 428 g/mol. The molecule has 126 valence electrons. The maximum atomic E-state index is 5.45. The molecular formula is C17H25IN4O. The third-order valence-corrected chi connectivity index (χ3v) is 3.63. The number of anilines is 1. The summed E-state index contributed by atoms with van der Waals surface area (Å²) in [7, 11) is 1.71. The van der Waals surface area contributed by atoms with Crippen LogP contribution in [0.4, 0.5) is 5.69 Å². The molecule has 0 aromatic heterocycles. The molecule has 1 aromatic carbocycles. The van der Waals surface area contributed by atoms with E-state index in [9.17, 15) is 0 Å². The number of ether oxygens (including phenoxy) is 1. The molecule has 1 aliphatic heterocycles. The van der Waals surface area contributed by atoms with Gasteiger partial charge in [-0.3, -0.25) is 0 Å². The average Bonchev–Trinajstić information content (AvgIpc) is 3.01. The molecule has 0 bridgehead atoms. The SMILES string of the molecule is C#CCN=C(NCC)NC1CCN(c2ccccc2OC)C1.I. The van der Waals surface area contributed by atoms with Gasteiger partial charge in [-0.25, -0.2) is 4.99 Å². The Balaban J connectivity index is 0.00000264. The predicted molar refractivity (Wildman–Crippen MR) is 107 cm³/mol. The molecule has 2 N–H and O–H groups in total. The maximum absolute atomic E-state index is 5.45. The molecule has 0 amide bonds. The van der Waals surface area contributed by atoms with Crippen LogP contribution in [0.1, 0.15) is 13.3 Å². The smallest absolute Gasteiger partial charge is 0.192 e. The van der Waals surface area contributed by atoms with Crippen LogP contribution in [0.5, 0.6) is 5.75 Å². The quantitative estimate of drug-likeness (QED) is 0.327. The minimum absolute atomic E-state index is 0. The van der Waals surface area contributed by atoms with Crippen molar-refractivity contribution in [2.24, 2.45) is 4.99 Å². The molecule has 1 atom stereocenters. The Morgan fingerprint density at radius 3 is 2.96 bits per heavy atom. The molecule has 0 saturated carbocycles. The number of halogens is 1. The molecule has 0 aliphatic carbocycles. The van der Waals surface area contributed by atoms with Gasteiger partial charge in [0.15, 0.2) is 5.96 Å². The van der Waals surface area contributed by atoms with Gasteiger partial charge in [-0.15, -0.1) is 30.4 Å². The fraction of sp³-hybridized carbons (Fsp3) is 0.471. The van der Waals surface area contributed by atoms with Crippen LogP contribution in [0.2, 0.25) is 0 Å². The van der Waals surface area contributed by atoms with E-state index in [4.69, 9.17) is 11.2 Å². The standard InChI is InChI=1S/C17H24N4O.HI/c1-4-11-19-17(18-5-2)20-14-10-12-21(13-14)15-8-6-7-9-16(15)22-3;/h1,6-9,14H,5,10-13H2,2-3H3,(H2,18,19,20);1H. The van der Waals surface area contributed by atoms with Crippen LogP contribution in [0.3, 0.4) is 0 Å². The fourth-order valence-corrected chi connectivity index (χ4v) is 2.63. The summed E-state index contributed by atoms with van der Waals surface area (Å²) in [5, 5.41) is 6.67. The summed E-state index contributed by atoms with van der Waals surface area (Å²) in [6.45, 7) is 5.16. The minimum atomic E-state index is 0. The van der Waals surface area contributed by atoms with Gasteiger partial charge in [0.25, 0.3) is 0 Å². The molecule has 5 nitrogen and oxygen atoms in total. The Hall–Kier alpha value is -1.62. The maximum Gasteiger partial charge on any atom is 0.192 e. The first-order valence-corrected chi connectivity index (χ1v) is 7.64. The molecule has 2 rings (SSSR count). The lowest BCUT2D eigenvalue weighted by atomic mass is 10.2. The largest absolute Gasteiger partial charge is 0.495 e. The molecular weight excluding hydrogens is 403 g/mol. The number of benzene rings is 1. The number of nitrogens with one attached hydrogen (secondary N) is 2. The molecule has 1 fully saturated rings. The van der Waals surface area contributed by atoms with Crippen molar-refractivity contribution >= 4 is 35.6 Å². The van der Waals surface area contributed by atoms with E-state index in [1.165, 1.54) is 0 Å². The molecule has 1 aromatic rings. The Kier molecular flexibility index (Phi) is 8.62. The van der Waals surface area contributed by atoms with E-state index in [2.05, 4.69) is 32.5 Å². The summed E-state index contributed by atoms with van der Waals surface area (Å²) in [5.74, 6) is 4.23. The fourth-order valence-electron chi connectivity index (χ4n) is 2.63. The van der Waals surface area contributed by atoms with Crippen molar-refractivity contribution in [3.05, 3.63) is 24.3 Å². The summed E-state index contributed by atoms with van der Waals surface area (Å²) >= 11 is 0. The van der Waals surface area contributed by atoms with Crippen LogP contribution < -0.4 is 20.3 Å². The lowest BCUT2D eigenvalue weighted by Crippen LogP contribution is -2.44. The van der Waals surface area contributed by atoms with Gasteiger partial charge in [0.2, 0.25) is 0 Å². The van der Waals surface area contributed by atoms with Crippen molar-refractivity contribution < 1.29 is 4.74 Å². The van der Waals surface area contributed by atoms with Crippen molar-refractivity contribution in [3.8, 4) is 18.1 Å². The van der Waals surface area contributed by atoms with Gasteiger partial charge in [0, 0.05) is 25.7 Å². The van der Waals surface area contributed by atoms with E-state index in [0.29, 0.717) is 12.6 Å². The van der Waals surface area contributed by atoms with E-state index in [1.54, 1.807) is 7.11 Å². The minimum Gasteiger partial charge on any atom is -0.495 e. The zero-order chi connectivity index (χ0) is 15.8. The van der Waals surface area contributed by atoms with E-state index >= 15 is 0 Å². The van der Waals surface area contributed by atoms with E-state index in [1.807, 2.05) is 25.1 Å². The number of hydrogen-bond donors (Lipinski definition) is 2. The lowest BCUT2D eigenvalue weighted by molar-refractivity contribution is 0.415. The van der Waals surface area contributed by atoms with Gasteiger partial charge in [0.1, 0.15) is 12.3 Å². The second-order valence-electron chi connectivity index (χ2n) is 5.15. The van der Waals surface area contributed by atoms with E-state index in [0.717, 1.165) is 43.5 Å². The molecule has 1 heterocycles. The number of rotatable bonds is 5. The van der Waals surface area contributed by atoms with Crippen molar-refractivity contribution in [3.63, 3.8) is 0 Å². The Morgan fingerprint density at radius 2 is 2.26 bits per heavy atom. The van der Waals surface area contributed by atoms with Crippen molar-refractivity contribution in [2.45, 2.75) is 19.4 Å². The first kappa shape index (κ1) is 19.4. The first-order chi connectivity index (χ1) is 10.8. The van der Waals surface area contributed by atoms with Crippen LogP contribution in [0, 0.1) is 12.3 Å². The number of terminal acetylenes is 1. The number of guanidine groups is 1. The number of hydrogen-bond acceptors (Lipinski definition) is 3. The normalized spacial score (nSPS) is 17.2. The number of aliphatic imine (C=N–C) groups is 1. The number of para-hydroxylation sites is 2. The highest BCUT2D eigenvalue weighted by Gasteiger charge is 2.25. The Morgan fingerprint density at radius 1 is 1.48 bits per heavy atom. The summed E-state index contributed by atoms with van der Waals surface area (Å²) in [6.07, 6.45) is 6.33. The summed E-state index contributed by atoms with van der Waals surface area (Å²) in [4.78, 5) is 6.68. The molecule has 6 heteroatoms. The monoisotopic (exact) mass is 428 g/mol. The highest BCUT2D eigenvalue weighted by molar-refractivity contribution is 14.0. The van der Waals surface area contributed by atoms with Crippen molar-refractivity contribution in [2.75, 3.05) is 38.2 Å². The number of nitrogens with zero attached hydrogens (tertiary/aromatic N) is 2. The van der Waals surface area contributed by atoms with Crippen molar-refractivity contribution in [1.82, 2.24) is 10.6 Å². The summed E-state index contributed by atoms with van der Waals surface area (Å²) in [6, 6.07) is 8.47. The van der Waals surface area contributed by atoms with Crippen LogP contribution >= 0.6 is 24.0 Å². The lowest BCUT2D eigenvalue weighted by Gasteiger charge is -2.22. The van der Waals surface area contributed by atoms with Gasteiger partial charge in [-0.1, -0.05) is 18.1 Å². The van der Waals surface area contributed by atoms with Gasteiger partial charge in [-0.2, -0.15) is 0 Å². The highest BCUT2D eigenvalue weighted by Crippen LogP contribution is 2.30. The zero-order valence-electron chi connectivity index (χ0n) is 13.7. The topological polar surface area (TPSA) is 48.9 Å². The third kappa shape index (κ3) is 5.50. The predicted octanol–water partition coefficient (Wildman–Crippen LogP) is 2.08. The summed E-state index contributed by atoms with van der Waals surface area (Å²) in [5.41, 5.74) is 1.14. The molecule has 1 saturated heterocycles.